The van der Waals surface area contributed by atoms with E-state index >= 15 is 0 Å². The van der Waals surface area contributed by atoms with Crippen molar-refractivity contribution in [3.63, 3.8) is 0 Å². The molecule has 0 radical (unpaired) electrons. The number of aromatic nitrogens is 1. The SMILES string of the molecule is Cc1noc(C)c1CSCC(=O)NCCC(O)C(=O)O. The number of carboxylic acids is 1. The molecule has 8 heteroatoms. The van der Waals surface area contributed by atoms with E-state index in [1.807, 2.05) is 13.8 Å². The highest BCUT2D eigenvalue weighted by atomic mass is 32.2. The second-order valence-corrected chi connectivity index (χ2v) is 5.27. The Kier molecular flexibility index (Phi) is 6.53. The van der Waals surface area contributed by atoms with Gasteiger partial charge < -0.3 is 20.1 Å². The molecule has 1 aromatic rings. The second kappa shape index (κ2) is 7.91. The molecule has 1 heterocycles. The largest absolute Gasteiger partial charge is 0.479 e. The molecule has 0 fully saturated rings. The highest BCUT2D eigenvalue weighted by Gasteiger charge is 2.13. The molecule has 0 aliphatic rings. The average molecular weight is 302 g/mol. The summed E-state index contributed by atoms with van der Waals surface area (Å²) >= 11 is 1.42. The first kappa shape index (κ1) is 16.5. The van der Waals surface area contributed by atoms with Crippen LogP contribution in [0, 0.1) is 13.8 Å². The normalized spacial score (nSPS) is 12.2. The van der Waals surface area contributed by atoms with Gasteiger partial charge in [0, 0.05) is 24.3 Å². The number of hydrogen-bond acceptors (Lipinski definition) is 6. The Balaban J connectivity index is 2.19. The van der Waals surface area contributed by atoms with Crippen LogP contribution in [0.5, 0.6) is 0 Å². The number of aliphatic carboxylic acids is 1. The summed E-state index contributed by atoms with van der Waals surface area (Å²) in [5.41, 5.74) is 1.81. The number of carboxylic acid groups (broad SMARTS) is 1. The first-order chi connectivity index (χ1) is 9.41. The van der Waals surface area contributed by atoms with E-state index in [1.54, 1.807) is 0 Å². The number of nitrogens with one attached hydrogen (secondary N) is 1. The minimum absolute atomic E-state index is 0.00436. The Morgan fingerprint density at radius 1 is 1.45 bits per heavy atom. The van der Waals surface area contributed by atoms with E-state index in [2.05, 4.69) is 10.5 Å². The first-order valence-electron chi connectivity index (χ1n) is 6.09. The highest BCUT2D eigenvalue weighted by Crippen LogP contribution is 2.19. The molecule has 0 aromatic carbocycles. The summed E-state index contributed by atoms with van der Waals surface area (Å²) < 4.78 is 5.02. The van der Waals surface area contributed by atoms with Gasteiger partial charge in [-0.3, -0.25) is 4.79 Å². The molecule has 1 atom stereocenters. The summed E-state index contributed by atoms with van der Waals surface area (Å²) in [5, 5.41) is 23.9. The van der Waals surface area contributed by atoms with E-state index < -0.39 is 12.1 Å². The van der Waals surface area contributed by atoms with Crippen molar-refractivity contribution in [2.75, 3.05) is 12.3 Å². The van der Waals surface area contributed by atoms with Gasteiger partial charge in [-0.15, -0.1) is 11.8 Å². The smallest absolute Gasteiger partial charge is 0.332 e. The van der Waals surface area contributed by atoms with Gasteiger partial charge in [0.15, 0.2) is 6.10 Å². The van der Waals surface area contributed by atoms with Gasteiger partial charge in [-0.05, 0) is 13.8 Å². The number of nitrogens with zero attached hydrogens (tertiary/aromatic N) is 1. The summed E-state index contributed by atoms with van der Waals surface area (Å²) in [7, 11) is 0. The Morgan fingerprint density at radius 2 is 2.15 bits per heavy atom. The minimum atomic E-state index is -1.44. The van der Waals surface area contributed by atoms with E-state index in [-0.39, 0.29) is 24.6 Å². The molecule has 0 aliphatic heterocycles. The van der Waals surface area contributed by atoms with Crippen molar-refractivity contribution >= 4 is 23.6 Å². The standard InChI is InChI=1S/C12H18N2O5S/c1-7-9(8(2)19-14-7)5-20-6-11(16)13-4-3-10(15)12(17)18/h10,15H,3-6H2,1-2H3,(H,13,16)(H,17,18). The molecule has 0 bridgehead atoms. The van der Waals surface area contributed by atoms with Crippen molar-refractivity contribution in [3.05, 3.63) is 17.0 Å². The van der Waals surface area contributed by atoms with E-state index in [1.165, 1.54) is 11.8 Å². The van der Waals surface area contributed by atoms with Crippen LogP contribution in [-0.4, -0.2) is 45.6 Å². The van der Waals surface area contributed by atoms with Crippen molar-refractivity contribution in [3.8, 4) is 0 Å². The number of carbonyl (C=O) groups excluding carboxylic acids is 1. The number of aryl methyl sites for hydroxylation is 2. The fourth-order valence-electron chi connectivity index (χ4n) is 1.48. The van der Waals surface area contributed by atoms with E-state index in [9.17, 15) is 9.59 Å². The zero-order valence-electron chi connectivity index (χ0n) is 11.4. The molecule has 0 spiro atoms. The lowest BCUT2D eigenvalue weighted by molar-refractivity contribution is -0.147. The number of aliphatic hydroxyl groups is 1. The molecule has 0 saturated carbocycles. The quantitative estimate of drug-likeness (QED) is 0.640. The Bertz CT molecular complexity index is 455. The van der Waals surface area contributed by atoms with Gasteiger partial charge in [-0.2, -0.15) is 0 Å². The van der Waals surface area contributed by atoms with Gasteiger partial charge in [-0.25, -0.2) is 4.79 Å². The van der Waals surface area contributed by atoms with E-state index in [4.69, 9.17) is 14.7 Å². The van der Waals surface area contributed by atoms with E-state index in [0.29, 0.717) is 5.75 Å². The second-order valence-electron chi connectivity index (χ2n) is 4.29. The fourth-order valence-corrected chi connectivity index (χ4v) is 2.48. The maximum Gasteiger partial charge on any atom is 0.332 e. The Labute approximate surface area is 120 Å². The third-order valence-electron chi connectivity index (χ3n) is 2.69. The molecule has 112 valence electrons. The number of carbonyl (C=O) groups is 2. The lowest BCUT2D eigenvalue weighted by atomic mass is 10.2. The van der Waals surface area contributed by atoms with Crippen molar-refractivity contribution in [2.45, 2.75) is 32.1 Å². The molecule has 1 amide bonds. The zero-order chi connectivity index (χ0) is 15.1. The molecule has 20 heavy (non-hydrogen) atoms. The molecule has 7 nitrogen and oxygen atoms in total. The molecular formula is C12H18N2O5S. The van der Waals surface area contributed by atoms with Crippen LogP contribution in [0.4, 0.5) is 0 Å². The zero-order valence-corrected chi connectivity index (χ0v) is 12.2. The first-order valence-corrected chi connectivity index (χ1v) is 7.24. The lowest BCUT2D eigenvalue weighted by Crippen LogP contribution is -2.31. The number of rotatable bonds is 8. The van der Waals surface area contributed by atoms with E-state index in [0.717, 1.165) is 17.0 Å². The summed E-state index contributed by atoms with van der Waals surface area (Å²) in [6.07, 6.45) is -1.44. The predicted octanol–water partition coefficient (Wildman–Crippen LogP) is 0.476. The Hall–Kier alpha value is -1.54. The summed E-state index contributed by atoms with van der Waals surface area (Å²) in [4.78, 5) is 21.9. The van der Waals surface area contributed by atoms with Crippen LogP contribution in [0.1, 0.15) is 23.4 Å². The topological polar surface area (TPSA) is 113 Å². The number of thioether (sulfide) groups is 1. The monoisotopic (exact) mass is 302 g/mol. The van der Waals surface area contributed by atoms with Crippen molar-refractivity contribution in [1.82, 2.24) is 10.5 Å². The summed E-state index contributed by atoms with van der Waals surface area (Å²) in [5.74, 6) is 0.158. The van der Waals surface area contributed by atoms with Gasteiger partial charge in [0.1, 0.15) is 5.76 Å². The van der Waals surface area contributed by atoms with Crippen molar-refractivity contribution in [1.29, 1.82) is 0 Å². The Morgan fingerprint density at radius 3 is 2.70 bits per heavy atom. The van der Waals surface area contributed by atoms with Crippen LogP contribution >= 0.6 is 11.8 Å². The number of amides is 1. The van der Waals surface area contributed by atoms with Crippen LogP contribution in [0.3, 0.4) is 0 Å². The molecule has 1 rings (SSSR count). The average Bonchev–Trinajstić information content (AvgIpc) is 2.70. The van der Waals surface area contributed by atoms with Crippen LogP contribution < -0.4 is 5.32 Å². The van der Waals surface area contributed by atoms with Gasteiger partial charge in [-0.1, -0.05) is 5.16 Å². The molecule has 0 saturated heterocycles. The highest BCUT2D eigenvalue weighted by molar-refractivity contribution is 7.99. The number of aliphatic hydroxyl groups excluding tert-OH is 1. The molecule has 3 N–H and O–H groups in total. The fraction of sp³-hybridized carbons (Fsp3) is 0.583. The summed E-state index contributed by atoms with van der Waals surface area (Å²) in [6.45, 7) is 3.81. The minimum Gasteiger partial charge on any atom is -0.479 e. The van der Waals surface area contributed by atoms with Gasteiger partial charge in [0.25, 0.3) is 0 Å². The molecule has 1 unspecified atom stereocenters. The maximum atomic E-state index is 11.5. The third kappa shape index (κ3) is 5.22. The van der Waals surface area contributed by atoms with Crippen LogP contribution in [0.25, 0.3) is 0 Å². The van der Waals surface area contributed by atoms with Gasteiger partial charge in [0.2, 0.25) is 5.91 Å². The molecular weight excluding hydrogens is 284 g/mol. The lowest BCUT2D eigenvalue weighted by Gasteiger charge is -2.07. The predicted molar refractivity (Wildman–Crippen MR) is 73.4 cm³/mol. The van der Waals surface area contributed by atoms with Crippen molar-refractivity contribution in [2.24, 2.45) is 0 Å². The van der Waals surface area contributed by atoms with Gasteiger partial charge >= 0.3 is 5.97 Å². The van der Waals surface area contributed by atoms with Crippen LogP contribution in [-0.2, 0) is 15.3 Å². The maximum absolute atomic E-state index is 11.5. The van der Waals surface area contributed by atoms with Crippen molar-refractivity contribution < 1.29 is 24.3 Å². The van der Waals surface area contributed by atoms with Crippen LogP contribution in [0.2, 0.25) is 0 Å². The molecule has 1 aromatic heterocycles. The molecule has 0 aliphatic carbocycles. The van der Waals surface area contributed by atoms with Gasteiger partial charge in [0.05, 0.1) is 11.4 Å². The van der Waals surface area contributed by atoms with Crippen LogP contribution in [0.15, 0.2) is 4.52 Å². The number of hydrogen-bond donors (Lipinski definition) is 3. The third-order valence-corrected chi connectivity index (χ3v) is 3.64. The summed E-state index contributed by atoms with van der Waals surface area (Å²) in [6, 6.07) is 0.